The van der Waals surface area contributed by atoms with Crippen molar-refractivity contribution in [1.82, 2.24) is 23.9 Å². The Bertz CT molecular complexity index is 985. The van der Waals surface area contributed by atoms with E-state index in [2.05, 4.69) is 27.3 Å². The fourth-order valence-corrected chi connectivity index (χ4v) is 4.96. The molecule has 0 unspecified atom stereocenters. The van der Waals surface area contributed by atoms with Gasteiger partial charge in [-0.2, -0.15) is 8.70 Å². The average Bonchev–Trinajstić information content (AvgIpc) is 2.92. The van der Waals surface area contributed by atoms with Crippen LogP contribution in [-0.4, -0.2) is 63.9 Å². The number of piperidine rings is 1. The maximum atomic E-state index is 14.5. The molecule has 4 rings (SSSR count). The van der Waals surface area contributed by atoms with Crippen molar-refractivity contribution in [1.29, 1.82) is 0 Å². The number of imidazole rings is 1. The molecule has 2 aliphatic rings. The zero-order valence-electron chi connectivity index (χ0n) is 15.9. The predicted octanol–water partition coefficient (Wildman–Crippen LogP) is 1.88. The highest BCUT2D eigenvalue weighted by molar-refractivity contribution is 7.88. The molecule has 2 aromatic rings. The van der Waals surface area contributed by atoms with E-state index >= 15 is 0 Å². The van der Waals surface area contributed by atoms with Crippen molar-refractivity contribution >= 4 is 21.5 Å². The van der Waals surface area contributed by atoms with Gasteiger partial charge in [0.15, 0.2) is 0 Å². The maximum absolute atomic E-state index is 14.5. The molecule has 28 heavy (non-hydrogen) atoms. The van der Waals surface area contributed by atoms with Crippen LogP contribution in [0.5, 0.6) is 0 Å². The van der Waals surface area contributed by atoms with Gasteiger partial charge in [0, 0.05) is 18.5 Å². The SMILES string of the molecule is CCC1(c2nc(F)c3cnc(N[C@@H]4CCN(S(C)(=O)=O)C[C@H]4F)nn23)CCC1. The number of halogens is 2. The van der Waals surface area contributed by atoms with Crippen LogP contribution in [0.4, 0.5) is 14.7 Å². The lowest BCUT2D eigenvalue weighted by atomic mass is 9.66. The number of sulfonamides is 1. The summed E-state index contributed by atoms with van der Waals surface area (Å²) in [5.74, 6) is 0.158. The van der Waals surface area contributed by atoms with E-state index in [1.54, 1.807) is 0 Å². The molecule has 154 valence electrons. The summed E-state index contributed by atoms with van der Waals surface area (Å²) in [4.78, 5) is 8.22. The number of hydrogen-bond donors (Lipinski definition) is 1. The summed E-state index contributed by atoms with van der Waals surface area (Å²) in [7, 11) is -3.42. The zero-order valence-corrected chi connectivity index (χ0v) is 16.7. The van der Waals surface area contributed by atoms with Crippen molar-refractivity contribution in [2.75, 3.05) is 24.7 Å². The Hall–Kier alpha value is -1.88. The number of aromatic nitrogens is 4. The first kappa shape index (κ1) is 19.4. The summed E-state index contributed by atoms with van der Waals surface area (Å²) < 4.78 is 54.6. The number of nitrogens with zero attached hydrogens (tertiary/aromatic N) is 5. The summed E-state index contributed by atoms with van der Waals surface area (Å²) in [5.41, 5.74) is 0.0199. The van der Waals surface area contributed by atoms with E-state index in [9.17, 15) is 17.2 Å². The molecule has 1 saturated heterocycles. The monoisotopic (exact) mass is 414 g/mol. The lowest BCUT2D eigenvalue weighted by Gasteiger charge is -2.39. The summed E-state index contributed by atoms with van der Waals surface area (Å²) in [6.07, 6.45) is 5.11. The molecule has 1 saturated carbocycles. The van der Waals surface area contributed by atoms with Gasteiger partial charge in [0.25, 0.3) is 0 Å². The molecule has 1 N–H and O–H groups in total. The van der Waals surface area contributed by atoms with Gasteiger partial charge in [-0.05, 0) is 25.7 Å². The molecule has 0 radical (unpaired) electrons. The van der Waals surface area contributed by atoms with Crippen molar-refractivity contribution in [2.45, 2.75) is 56.7 Å². The first-order valence-electron chi connectivity index (χ1n) is 9.51. The molecule has 11 heteroatoms. The summed E-state index contributed by atoms with van der Waals surface area (Å²) in [6, 6.07) is -0.615. The van der Waals surface area contributed by atoms with Gasteiger partial charge in [-0.1, -0.05) is 13.3 Å². The topological polar surface area (TPSA) is 92.5 Å². The van der Waals surface area contributed by atoms with Crippen LogP contribution in [0.15, 0.2) is 6.20 Å². The number of hydrogen-bond acceptors (Lipinski definition) is 6. The molecule has 3 heterocycles. The second-order valence-electron chi connectivity index (χ2n) is 7.77. The Balaban J connectivity index is 1.59. The largest absolute Gasteiger partial charge is 0.347 e. The minimum Gasteiger partial charge on any atom is -0.347 e. The van der Waals surface area contributed by atoms with Crippen LogP contribution in [-0.2, 0) is 15.4 Å². The first-order valence-corrected chi connectivity index (χ1v) is 11.4. The predicted molar refractivity (Wildman–Crippen MR) is 99.9 cm³/mol. The van der Waals surface area contributed by atoms with Gasteiger partial charge >= 0.3 is 0 Å². The number of rotatable bonds is 5. The van der Waals surface area contributed by atoms with E-state index in [4.69, 9.17) is 0 Å². The first-order chi connectivity index (χ1) is 13.2. The number of alkyl halides is 1. The summed E-state index contributed by atoms with van der Waals surface area (Å²) in [6.45, 7) is 2.08. The molecule has 8 nitrogen and oxygen atoms in total. The fraction of sp³-hybridized carbons (Fsp3) is 0.706. The van der Waals surface area contributed by atoms with Gasteiger partial charge in [-0.3, -0.25) is 0 Å². The second-order valence-corrected chi connectivity index (χ2v) is 9.75. The normalized spacial score (nSPS) is 25.6. The molecule has 0 aromatic carbocycles. The smallest absolute Gasteiger partial charge is 0.242 e. The molecule has 0 bridgehead atoms. The third kappa shape index (κ3) is 3.24. The van der Waals surface area contributed by atoms with Gasteiger partial charge in [0.2, 0.25) is 21.9 Å². The van der Waals surface area contributed by atoms with E-state index in [0.717, 1.165) is 36.2 Å². The minimum absolute atomic E-state index is 0.178. The van der Waals surface area contributed by atoms with E-state index < -0.39 is 28.2 Å². The minimum atomic E-state index is -3.42. The van der Waals surface area contributed by atoms with Crippen LogP contribution in [0.2, 0.25) is 0 Å². The molecular formula is C17H24F2N6O2S. The molecule has 1 aliphatic carbocycles. The Morgan fingerprint density at radius 2 is 2.14 bits per heavy atom. The van der Waals surface area contributed by atoms with Gasteiger partial charge < -0.3 is 5.32 Å². The number of anilines is 1. The highest BCUT2D eigenvalue weighted by Gasteiger charge is 2.42. The van der Waals surface area contributed by atoms with Crippen LogP contribution < -0.4 is 5.32 Å². The number of nitrogens with one attached hydrogen (secondary N) is 1. The van der Waals surface area contributed by atoms with E-state index in [1.165, 1.54) is 10.7 Å². The second kappa shape index (κ2) is 6.87. The van der Waals surface area contributed by atoms with E-state index in [1.807, 2.05) is 0 Å². The van der Waals surface area contributed by atoms with Crippen LogP contribution in [0.1, 0.15) is 44.9 Å². The Kier molecular flexibility index (Phi) is 4.77. The van der Waals surface area contributed by atoms with Gasteiger partial charge in [0.1, 0.15) is 17.5 Å². The molecule has 1 aliphatic heterocycles. The van der Waals surface area contributed by atoms with Crippen molar-refractivity contribution in [3.8, 4) is 0 Å². The highest BCUT2D eigenvalue weighted by Crippen LogP contribution is 2.45. The maximum Gasteiger partial charge on any atom is 0.242 e. The fourth-order valence-electron chi connectivity index (χ4n) is 4.11. The van der Waals surface area contributed by atoms with Gasteiger partial charge in [0.05, 0.1) is 18.5 Å². The van der Waals surface area contributed by atoms with Crippen molar-refractivity contribution in [3.05, 3.63) is 18.0 Å². The lowest BCUT2D eigenvalue weighted by molar-refractivity contribution is 0.186. The standard InChI is InChI=1S/C17H24F2N6O2S/c1-3-17(6-4-7-17)15-22-14(19)13-9-20-16(23-25(13)15)21-12-5-8-24(10-11(12)18)28(2,26)27/h9,11-12H,3-8,10H2,1-2H3,(H,21,23)/t11-,12-/m1/s1. The van der Waals surface area contributed by atoms with Crippen molar-refractivity contribution < 1.29 is 17.2 Å². The third-order valence-corrected chi connectivity index (χ3v) is 7.37. The van der Waals surface area contributed by atoms with Crippen LogP contribution in [0.3, 0.4) is 0 Å². The van der Waals surface area contributed by atoms with Gasteiger partial charge in [-0.15, -0.1) is 5.10 Å². The highest BCUT2D eigenvalue weighted by atomic mass is 32.2. The van der Waals surface area contributed by atoms with E-state index in [-0.39, 0.29) is 30.0 Å². The molecular weight excluding hydrogens is 390 g/mol. The summed E-state index contributed by atoms with van der Waals surface area (Å²) in [5, 5.41) is 7.33. The third-order valence-electron chi connectivity index (χ3n) is 6.10. The Morgan fingerprint density at radius 1 is 1.39 bits per heavy atom. The van der Waals surface area contributed by atoms with Crippen LogP contribution in [0, 0.1) is 5.95 Å². The van der Waals surface area contributed by atoms with Crippen LogP contribution in [0.25, 0.3) is 5.52 Å². The zero-order chi connectivity index (χ0) is 20.1. The molecule has 0 spiro atoms. The van der Waals surface area contributed by atoms with E-state index in [0.29, 0.717) is 12.2 Å². The molecule has 2 atom stereocenters. The Labute approximate surface area is 162 Å². The van der Waals surface area contributed by atoms with Crippen LogP contribution >= 0.6 is 0 Å². The van der Waals surface area contributed by atoms with Crippen molar-refractivity contribution in [2.24, 2.45) is 0 Å². The Morgan fingerprint density at radius 3 is 2.71 bits per heavy atom. The summed E-state index contributed by atoms with van der Waals surface area (Å²) >= 11 is 0. The van der Waals surface area contributed by atoms with Crippen molar-refractivity contribution in [3.63, 3.8) is 0 Å². The average molecular weight is 414 g/mol. The van der Waals surface area contributed by atoms with Gasteiger partial charge in [-0.25, -0.2) is 27.3 Å². The molecule has 2 fully saturated rings. The quantitative estimate of drug-likeness (QED) is 0.803. The number of fused-ring (bicyclic) bond motifs is 1. The molecule has 0 amide bonds. The lowest BCUT2D eigenvalue weighted by Crippen LogP contribution is -2.49. The molecule has 2 aromatic heterocycles.